The number of hydrogen-bond donors (Lipinski definition) is 1. The van der Waals surface area contributed by atoms with Gasteiger partial charge in [-0.25, -0.2) is 4.79 Å². The summed E-state index contributed by atoms with van der Waals surface area (Å²) in [7, 11) is 1.46. The molecule has 1 N–H and O–H groups in total. The van der Waals surface area contributed by atoms with E-state index in [4.69, 9.17) is 9.47 Å². The molecule has 2 rings (SSSR count). The van der Waals surface area contributed by atoms with Gasteiger partial charge < -0.3 is 14.6 Å². The first-order valence-electron chi connectivity index (χ1n) is 6.76. The molecule has 0 fully saturated rings. The van der Waals surface area contributed by atoms with Crippen molar-refractivity contribution in [1.82, 2.24) is 0 Å². The summed E-state index contributed by atoms with van der Waals surface area (Å²) in [6.07, 6.45) is 0. The number of phenols is 1. The lowest BCUT2D eigenvalue weighted by molar-refractivity contribution is 0.0523. The fourth-order valence-electron chi connectivity index (χ4n) is 2.04. The minimum absolute atomic E-state index is 0.0950. The third-order valence-electron chi connectivity index (χ3n) is 3.12. The summed E-state index contributed by atoms with van der Waals surface area (Å²) in [4.78, 5) is 24.5. The van der Waals surface area contributed by atoms with Gasteiger partial charge in [0.25, 0.3) is 0 Å². The van der Waals surface area contributed by atoms with Gasteiger partial charge in [-0.1, -0.05) is 18.2 Å². The molecule has 0 aliphatic heterocycles. The Morgan fingerprint density at radius 1 is 1.05 bits per heavy atom. The van der Waals surface area contributed by atoms with Crippen LogP contribution in [-0.4, -0.2) is 30.6 Å². The molecule has 0 bridgehead atoms. The minimum atomic E-state index is -0.570. The number of carbonyl (C=O) groups is 2. The highest BCUT2D eigenvalue weighted by molar-refractivity contribution is 6.15. The smallest absolute Gasteiger partial charge is 0.338 e. The van der Waals surface area contributed by atoms with E-state index in [1.807, 2.05) is 0 Å². The van der Waals surface area contributed by atoms with Crippen molar-refractivity contribution in [1.29, 1.82) is 0 Å². The van der Waals surface area contributed by atoms with Crippen LogP contribution in [0.5, 0.6) is 11.5 Å². The highest BCUT2D eigenvalue weighted by Crippen LogP contribution is 2.26. The predicted molar refractivity (Wildman–Crippen MR) is 80.5 cm³/mol. The number of hydrogen-bond acceptors (Lipinski definition) is 5. The van der Waals surface area contributed by atoms with Crippen molar-refractivity contribution < 1.29 is 24.2 Å². The molecule has 2 aromatic carbocycles. The molecular weight excluding hydrogens is 284 g/mol. The molecule has 0 heterocycles. The summed E-state index contributed by atoms with van der Waals surface area (Å²) < 4.78 is 9.93. The normalized spacial score (nSPS) is 10.1. The first-order valence-corrected chi connectivity index (χ1v) is 6.76. The Kier molecular flexibility index (Phi) is 4.78. The molecule has 0 unspecified atom stereocenters. The summed E-state index contributed by atoms with van der Waals surface area (Å²) in [5, 5.41) is 9.97. The molecule has 0 aliphatic carbocycles. The van der Waals surface area contributed by atoms with Crippen molar-refractivity contribution in [2.45, 2.75) is 6.92 Å². The zero-order valence-electron chi connectivity index (χ0n) is 12.3. The molecule has 0 saturated carbocycles. The van der Waals surface area contributed by atoms with E-state index < -0.39 is 11.8 Å². The zero-order valence-corrected chi connectivity index (χ0v) is 12.3. The van der Waals surface area contributed by atoms with Gasteiger partial charge in [-0.05, 0) is 25.1 Å². The van der Waals surface area contributed by atoms with Crippen LogP contribution in [0.25, 0.3) is 0 Å². The van der Waals surface area contributed by atoms with Crippen molar-refractivity contribution in [3.05, 3.63) is 59.2 Å². The molecular formula is C17H16O5. The van der Waals surface area contributed by atoms with Crippen LogP contribution >= 0.6 is 0 Å². The Hall–Kier alpha value is -2.82. The standard InChI is InChI=1S/C17H16O5/c1-3-22-17(20)13-7-5-4-6-12(13)16(19)14-9-8-11(21-2)10-15(14)18/h4-10,18H,3H2,1-2H3. The van der Waals surface area contributed by atoms with Crippen LogP contribution in [0, 0.1) is 0 Å². The molecule has 0 radical (unpaired) electrons. The van der Waals surface area contributed by atoms with Crippen molar-refractivity contribution >= 4 is 11.8 Å². The first-order chi connectivity index (χ1) is 10.6. The van der Waals surface area contributed by atoms with Gasteiger partial charge in [0, 0.05) is 11.6 Å². The van der Waals surface area contributed by atoms with E-state index in [-0.39, 0.29) is 29.0 Å². The quantitative estimate of drug-likeness (QED) is 0.679. The Bertz CT molecular complexity index is 706. The van der Waals surface area contributed by atoms with Gasteiger partial charge in [0.2, 0.25) is 0 Å². The SMILES string of the molecule is CCOC(=O)c1ccccc1C(=O)c1ccc(OC)cc1O. The molecule has 0 aliphatic rings. The fourth-order valence-corrected chi connectivity index (χ4v) is 2.04. The Morgan fingerprint density at radius 3 is 2.32 bits per heavy atom. The van der Waals surface area contributed by atoms with E-state index in [9.17, 15) is 14.7 Å². The molecule has 5 heteroatoms. The Balaban J connectivity index is 2.44. The van der Waals surface area contributed by atoms with E-state index in [1.165, 1.54) is 31.4 Å². The van der Waals surface area contributed by atoms with Gasteiger partial charge in [0.05, 0.1) is 24.8 Å². The number of ether oxygens (including phenoxy) is 2. The molecule has 0 atom stereocenters. The highest BCUT2D eigenvalue weighted by atomic mass is 16.5. The van der Waals surface area contributed by atoms with Crippen LogP contribution < -0.4 is 4.74 Å². The topological polar surface area (TPSA) is 72.8 Å². The average molecular weight is 300 g/mol. The second-order valence-electron chi connectivity index (χ2n) is 4.48. The molecule has 2 aromatic rings. The van der Waals surface area contributed by atoms with Crippen LogP contribution in [0.3, 0.4) is 0 Å². The fraction of sp³-hybridized carbons (Fsp3) is 0.176. The average Bonchev–Trinajstić information content (AvgIpc) is 2.54. The van der Waals surface area contributed by atoms with E-state index in [0.29, 0.717) is 5.75 Å². The number of phenolic OH excluding ortho intramolecular Hbond substituents is 1. The lowest BCUT2D eigenvalue weighted by Gasteiger charge is -2.10. The second-order valence-corrected chi connectivity index (χ2v) is 4.48. The zero-order chi connectivity index (χ0) is 16.1. The van der Waals surface area contributed by atoms with Crippen LogP contribution in [0.4, 0.5) is 0 Å². The van der Waals surface area contributed by atoms with E-state index in [1.54, 1.807) is 25.1 Å². The maximum atomic E-state index is 12.6. The number of methoxy groups -OCH3 is 1. The molecule has 114 valence electrons. The summed E-state index contributed by atoms with van der Waals surface area (Å²) >= 11 is 0. The van der Waals surface area contributed by atoms with E-state index in [2.05, 4.69) is 0 Å². The second kappa shape index (κ2) is 6.76. The van der Waals surface area contributed by atoms with Gasteiger partial charge >= 0.3 is 5.97 Å². The summed E-state index contributed by atoms with van der Waals surface area (Å²) in [6.45, 7) is 1.91. The van der Waals surface area contributed by atoms with Crippen molar-refractivity contribution in [3.8, 4) is 11.5 Å². The number of esters is 1. The number of rotatable bonds is 5. The van der Waals surface area contributed by atoms with Crippen LogP contribution in [0.2, 0.25) is 0 Å². The Labute approximate surface area is 128 Å². The summed E-state index contributed by atoms with van der Waals surface area (Å²) in [6, 6.07) is 10.7. The highest BCUT2D eigenvalue weighted by Gasteiger charge is 2.21. The van der Waals surface area contributed by atoms with Crippen molar-refractivity contribution in [3.63, 3.8) is 0 Å². The number of benzene rings is 2. The van der Waals surface area contributed by atoms with Gasteiger partial charge in [-0.2, -0.15) is 0 Å². The van der Waals surface area contributed by atoms with Crippen LogP contribution in [-0.2, 0) is 4.74 Å². The van der Waals surface area contributed by atoms with Crippen molar-refractivity contribution in [2.75, 3.05) is 13.7 Å². The number of aromatic hydroxyl groups is 1. The third kappa shape index (κ3) is 3.09. The third-order valence-corrected chi connectivity index (χ3v) is 3.12. The lowest BCUT2D eigenvalue weighted by atomic mass is 9.97. The van der Waals surface area contributed by atoms with Gasteiger partial charge in [0.1, 0.15) is 11.5 Å². The maximum absolute atomic E-state index is 12.6. The van der Waals surface area contributed by atoms with Crippen LogP contribution in [0.1, 0.15) is 33.2 Å². The largest absolute Gasteiger partial charge is 0.507 e. The maximum Gasteiger partial charge on any atom is 0.338 e. The number of carbonyl (C=O) groups excluding carboxylic acids is 2. The van der Waals surface area contributed by atoms with Gasteiger partial charge in [-0.15, -0.1) is 0 Å². The molecule has 22 heavy (non-hydrogen) atoms. The molecule has 0 spiro atoms. The van der Waals surface area contributed by atoms with Crippen LogP contribution in [0.15, 0.2) is 42.5 Å². The summed E-state index contributed by atoms with van der Waals surface area (Å²) in [5.41, 5.74) is 0.448. The van der Waals surface area contributed by atoms with E-state index >= 15 is 0 Å². The lowest BCUT2D eigenvalue weighted by Crippen LogP contribution is -2.12. The molecule has 0 aromatic heterocycles. The number of ketones is 1. The minimum Gasteiger partial charge on any atom is -0.507 e. The Morgan fingerprint density at radius 2 is 1.73 bits per heavy atom. The molecule has 0 amide bonds. The van der Waals surface area contributed by atoms with Crippen molar-refractivity contribution in [2.24, 2.45) is 0 Å². The van der Waals surface area contributed by atoms with E-state index in [0.717, 1.165) is 0 Å². The molecule has 5 nitrogen and oxygen atoms in total. The monoisotopic (exact) mass is 300 g/mol. The first kappa shape index (κ1) is 15.6. The van der Waals surface area contributed by atoms with Gasteiger partial charge in [-0.3, -0.25) is 4.79 Å². The summed E-state index contributed by atoms with van der Waals surface area (Å²) in [5.74, 6) is -0.793. The molecule has 0 saturated heterocycles. The van der Waals surface area contributed by atoms with Gasteiger partial charge in [0.15, 0.2) is 5.78 Å². The predicted octanol–water partition coefficient (Wildman–Crippen LogP) is 2.81.